The summed E-state index contributed by atoms with van der Waals surface area (Å²) in [5, 5.41) is 0. The summed E-state index contributed by atoms with van der Waals surface area (Å²) in [5.74, 6) is 0.285. The van der Waals surface area contributed by atoms with Gasteiger partial charge in [0.2, 0.25) is 0 Å². The van der Waals surface area contributed by atoms with E-state index in [0.29, 0.717) is 5.92 Å². The number of hydrogen-bond acceptors (Lipinski definition) is 3. The van der Waals surface area contributed by atoms with Gasteiger partial charge in [-0.25, -0.2) is 0 Å². The fourth-order valence-corrected chi connectivity index (χ4v) is 2.30. The van der Waals surface area contributed by atoms with Crippen LogP contribution in [0.1, 0.15) is 38.7 Å². The lowest BCUT2D eigenvalue weighted by atomic mass is 9.98. The molecule has 0 saturated heterocycles. The van der Waals surface area contributed by atoms with E-state index in [9.17, 15) is 4.79 Å². The minimum Gasteiger partial charge on any atom is -0.469 e. The number of carbonyl (C=O) groups is 1. The number of benzene rings is 1. The minimum atomic E-state index is -0.204. The molecule has 0 aliphatic rings. The molecule has 0 aromatic heterocycles. The van der Waals surface area contributed by atoms with Crippen molar-refractivity contribution in [3.05, 3.63) is 35.9 Å². The SMILES string of the molecule is CCC(C)CN(CC)CC(C(=O)OC)c1ccccc1. The maximum Gasteiger partial charge on any atom is 0.314 e. The largest absolute Gasteiger partial charge is 0.469 e. The Morgan fingerprint density at radius 3 is 2.35 bits per heavy atom. The van der Waals surface area contributed by atoms with Crippen LogP contribution in [0.2, 0.25) is 0 Å². The highest BCUT2D eigenvalue weighted by Crippen LogP contribution is 2.19. The van der Waals surface area contributed by atoms with Crippen molar-refractivity contribution in [1.29, 1.82) is 0 Å². The minimum absolute atomic E-state index is 0.154. The number of ether oxygens (including phenoxy) is 1. The average molecular weight is 277 g/mol. The molecule has 0 spiro atoms. The van der Waals surface area contributed by atoms with Crippen LogP contribution in [0.5, 0.6) is 0 Å². The number of carbonyl (C=O) groups excluding carboxylic acids is 1. The molecule has 0 aliphatic heterocycles. The van der Waals surface area contributed by atoms with E-state index in [4.69, 9.17) is 4.74 Å². The Bertz CT molecular complexity index is 391. The third-order valence-corrected chi connectivity index (χ3v) is 3.84. The molecule has 0 bridgehead atoms. The molecule has 1 rings (SSSR count). The zero-order valence-electron chi connectivity index (χ0n) is 13.1. The van der Waals surface area contributed by atoms with Gasteiger partial charge in [0.25, 0.3) is 0 Å². The van der Waals surface area contributed by atoms with Crippen LogP contribution in [0.4, 0.5) is 0 Å². The summed E-state index contributed by atoms with van der Waals surface area (Å²) < 4.78 is 4.98. The van der Waals surface area contributed by atoms with E-state index >= 15 is 0 Å². The molecule has 0 heterocycles. The zero-order valence-corrected chi connectivity index (χ0v) is 13.1. The molecule has 20 heavy (non-hydrogen) atoms. The van der Waals surface area contributed by atoms with E-state index < -0.39 is 0 Å². The van der Waals surface area contributed by atoms with E-state index in [1.54, 1.807) is 0 Å². The normalized spacial score (nSPS) is 14.1. The standard InChI is InChI=1S/C17H27NO2/c1-5-14(3)12-18(6-2)13-16(17(19)20-4)15-10-8-7-9-11-15/h7-11,14,16H,5-6,12-13H2,1-4H3. The van der Waals surface area contributed by atoms with Crippen LogP contribution in [0.3, 0.4) is 0 Å². The van der Waals surface area contributed by atoms with Gasteiger partial charge in [-0.2, -0.15) is 0 Å². The molecule has 1 aromatic carbocycles. The molecule has 1 aromatic rings. The fourth-order valence-electron chi connectivity index (χ4n) is 2.30. The fraction of sp³-hybridized carbons (Fsp3) is 0.588. The number of rotatable bonds is 8. The predicted octanol–water partition coefficient (Wildman–Crippen LogP) is 3.31. The lowest BCUT2D eigenvalue weighted by Crippen LogP contribution is -2.35. The molecule has 2 unspecified atom stereocenters. The van der Waals surface area contributed by atoms with Gasteiger partial charge in [-0.15, -0.1) is 0 Å². The Morgan fingerprint density at radius 1 is 1.20 bits per heavy atom. The molecule has 112 valence electrons. The van der Waals surface area contributed by atoms with Crippen LogP contribution in [-0.2, 0) is 9.53 Å². The highest BCUT2D eigenvalue weighted by atomic mass is 16.5. The molecule has 0 fully saturated rings. The van der Waals surface area contributed by atoms with Crippen LogP contribution in [0.25, 0.3) is 0 Å². The summed E-state index contributed by atoms with van der Waals surface area (Å²) in [6, 6.07) is 9.90. The van der Waals surface area contributed by atoms with E-state index in [-0.39, 0.29) is 11.9 Å². The average Bonchev–Trinajstić information content (AvgIpc) is 2.51. The van der Waals surface area contributed by atoms with Gasteiger partial charge in [0, 0.05) is 13.1 Å². The number of esters is 1. The summed E-state index contributed by atoms with van der Waals surface area (Å²) in [4.78, 5) is 14.4. The molecule has 0 N–H and O–H groups in total. The highest BCUT2D eigenvalue weighted by molar-refractivity contribution is 5.78. The first-order valence-electron chi connectivity index (χ1n) is 7.47. The van der Waals surface area contributed by atoms with Crippen molar-refractivity contribution in [2.75, 3.05) is 26.7 Å². The summed E-state index contributed by atoms with van der Waals surface area (Å²) in [6.45, 7) is 9.28. The van der Waals surface area contributed by atoms with E-state index in [1.807, 2.05) is 30.3 Å². The van der Waals surface area contributed by atoms with Crippen LogP contribution in [-0.4, -0.2) is 37.6 Å². The molecular weight excluding hydrogens is 250 g/mol. The van der Waals surface area contributed by atoms with Crippen LogP contribution >= 0.6 is 0 Å². The number of likely N-dealkylation sites (N-methyl/N-ethyl adjacent to an activating group) is 1. The van der Waals surface area contributed by atoms with Crippen molar-refractivity contribution in [2.45, 2.75) is 33.1 Å². The zero-order chi connectivity index (χ0) is 15.0. The molecule has 0 amide bonds. The van der Waals surface area contributed by atoms with Gasteiger partial charge >= 0.3 is 5.97 Å². The molecule has 0 aliphatic carbocycles. The predicted molar refractivity (Wildman–Crippen MR) is 82.8 cm³/mol. The van der Waals surface area contributed by atoms with Gasteiger partial charge < -0.3 is 9.64 Å². The second-order valence-electron chi connectivity index (χ2n) is 5.35. The van der Waals surface area contributed by atoms with E-state index in [1.165, 1.54) is 7.11 Å². The Kier molecular flexibility index (Phi) is 7.31. The summed E-state index contributed by atoms with van der Waals surface area (Å²) in [7, 11) is 1.46. The Hall–Kier alpha value is -1.35. The van der Waals surface area contributed by atoms with Crippen molar-refractivity contribution >= 4 is 5.97 Å². The Balaban J connectivity index is 2.81. The first-order valence-corrected chi connectivity index (χ1v) is 7.47. The van der Waals surface area contributed by atoms with Gasteiger partial charge in [-0.05, 0) is 18.0 Å². The summed E-state index contributed by atoms with van der Waals surface area (Å²) in [5.41, 5.74) is 1.03. The number of nitrogens with zero attached hydrogens (tertiary/aromatic N) is 1. The molecule has 0 radical (unpaired) electrons. The topological polar surface area (TPSA) is 29.5 Å². The van der Waals surface area contributed by atoms with Crippen molar-refractivity contribution in [2.24, 2.45) is 5.92 Å². The number of hydrogen-bond donors (Lipinski definition) is 0. The maximum atomic E-state index is 12.1. The first-order chi connectivity index (χ1) is 9.62. The van der Waals surface area contributed by atoms with Crippen molar-refractivity contribution in [3.63, 3.8) is 0 Å². The van der Waals surface area contributed by atoms with Gasteiger partial charge in [-0.3, -0.25) is 4.79 Å². The Labute approximate surface area is 122 Å². The third kappa shape index (κ3) is 4.97. The second kappa shape index (κ2) is 8.75. The quantitative estimate of drug-likeness (QED) is 0.683. The molecule has 0 saturated carbocycles. The smallest absolute Gasteiger partial charge is 0.314 e. The maximum absolute atomic E-state index is 12.1. The van der Waals surface area contributed by atoms with Crippen LogP contribution < -0.4 is 0 Å². The third-order valence-electron chi connectivity index (χ3n) is 3.84. The molecule has 3 heteroatoms. The highest BCUT2D eigenvalue weighted by Gasteiger charge is 2.24. The van der Waals surface area contributed by atoms with Crippen LogP contribution in [0.15, 0.2) is 30.3 Å². The van der Waals surface area contributed by atoms with Crippen LogP contribution in [0, 0.1) is 5.92 Å². The second-order valence-corrected chi connectivity index (χ2v) is 5.35. The summed E-state index contributed by atoms with van der Waals surface area (Å²) in [6.07, 6.45) is 1.16. The van der Waals surface area contributed by atoms with Gasteiger partial charge in [0.15, 0.2) is 0 Å². The monoisotopic (exact) mass is 277 g/mol. The first kappa shape index (κ1) is 16.7. The van der Waals surface area contributed by atoms with Crippen molar-refractivity contribution in [3.8, 4) is 0 Å². The van der Waals surface area contributed by atoms with E-state index in [0.717, 1.165) is 31.6 Å². The van der Waals surface area contributed by atoms with Gasteiger partial charge in [0.1, 0.15) is 0 Å². The summed E-state index contributed by atoms with van der Waals surface area (Å²) >= 11 is 0. The molecule has 2 atom stereocenters. The Morgan fingerprint density at radius 2 is 1.85 bits per heavy atom. The van der Waals surface area contributed by atoms with E-state index in [2.05, 4.69) is 25.7 Å². The molecule has 3 nitrogen and oxygen atoms in total. The number of methoxy groups -OCH3 is 1. The lowest BCUT2D eigenvalue weighted by Gasteiger charge is -2.27. The molecular formula is C17H27NO2. The van der Waals surface area contributed by atoms with Gasteiger partial charge in [0.05, 0.1) is 13.0 Å². The van der Waals surface area contributed by atoms with Crippen molar-refractivity contribution < 1.29 is 9.53 Å². The van der Waals surface area contributed by atoms with Crippen molar-refractivity contribution in [1.82, 2.24) is 4.90 Å². The lowest BCUT2D eigenvalue weighted by molar-refractivity contribution is -0.143. The van der Waals surface area contributed by atoms with Gasteiger partial charge in [-0.1, -0.05) is 57.5 Å².